The number of nitrogens with two attached hydrogens (primary N) is 1. The lowest BCUT2D eigenvalue weighted by Gasteiger charge is -2.34. The third-order valence-electron chi connectivity index (χ3n) is 3.85. The summed E-state index contributed by atoms with van der Waals surface area (Å²) in [6.45, 7) is 9.05. The van der Waals surface area contributed by atoms with E-state index in [4.69, 9.17) is 5.73 Å². The van der Waals surface area contributed by atoms with E-state index in [0.29, 0.717) is 0 Å². The molecule has 2 N–H and O–H groups in total. The lowest BCUT2D eigenvalue weighted by molar-refractivity contribution is 0.160. The molecular weight excluding hydrogens is 198 g/mol. The summed E-state index contributed by atoms with van der Waals surface area (Å²) in [6, 6.07) is 0. The number of nitrogens with zero attached hydrogens (tertiary/aromatic N) is 2. The molecule has 1 atom stereocenters. The molecule has 0 amide bonds. The molecule has 0 bridgehead atoms. The van der Waals surface area contributed by atoms with E-state index in [1.807, 2.05) is 0 Å². The van der Waals surface area contributed by atoms with Gasteiger partial charge in [-0.15, -0.1) is 0 Å². The minimum Gasteiger partial charge on any atom is -0.324 e. The molecule has 0 saturated carbocycles. The van der Waals surface area contributed by atoms with E-state index in [1.165, 1.54) is 32.5 Å². The smallest absolute Gasteiger partial charge is 0.0252 e. The summed E-state index contributed by atoms with van der Waals surface area (Å²) in [5, 5.41) is 0. The fourth-order valence-corrected chi connectivity index (χ4v) is 2.48. The maximum Gasteiger partial charge on any atom is 0.0252 e. The molecule has 1 unspecified atom stereocenters. The number of rotatable bonds is 5. The lowest BCUT2D eigenvalue weighted by Crippen LogP contribution is -2.47. The van der Waals surface area contributed by atoms with Crippen LogP contribution in [0.2, 0.25) is 0 Å². The summed E-state index contributed by atoms with van der Waals surface area (Å²) >= 11 is 0. The van der Waals surface area contributed by atoms with Crippen molar-refractivity contribution in [2.24, 2.45) is 11.7 Å². The summed E-state index contributed by atoms with van der Waals surface area (Å²) in [6.07, 6.45) is 3.73. The normalized spacial score (nSPS) is 23.6. The Balaban J connectivity index is 2.26. The topological polar surface area (TPSA) is 32.5 Å². The first-order chi connectivity index (χ1) is 7.43. The van der Waals surface area contributed by atoms with Crippen LogP contribution in [0.1, 0.15) is 33.1 Å². The van der Waals surface area contributed by atoms with Gasteiger partial charge in [0.25, 0.3) is 0 Å². The van der Waals surface area contributed by atoms with Crippen LogP contribution < -0.4 is 5.73 Å². The second-order valence-corrected chi connectivity index (χ2v) is 5.95. The fraction of sp³-hybridized carbons (Fsp3) is 1.00. The molecule has 96 valence electrons. The van der Waals surface area contributed by atoms with Crippen LogP contribution in [0.25, 0.3) is 0 Å². The maximum absolute atomic E-state index is 6.19. The highest BCUT2D eigenvalue weighted by atomic mass is 15.1. The largest absolute Gasteiger partial charge is 0.324 e. The Bertz CT molecular complexity index is 195. The minimum absolute atomic E-state index is 0.0276. The van der Waals surface area contributed by atoms with Crippen molar-refractivity contribution in [3.05, 3.63) is 0 Å². The Hall–Kier alpha value is -0.120. The van der Waals surface area contributed by atoms with Crippen molar-refractivity contribution in [2.45, 2.75) is 38.6 Å². The summed E-state index contributed by atoms with van der Waals surface area (Å²) in [7, 11) is 4.42. The molecule has 0 aromatic rings. The van der Waals surface area contributed by atoms with Gasteiger partial charge in [0.15, 0.2) is 0 Å². The maximum atomic E-state index is 6.19. The average molecular weight is 227 g/mol. The van der Waals surface area contributed by atoms with E-state index in [2.05, 4.69) is 37.7 Å². The van der Waals surface area contributed by atoms with Gasteiger partial charge in [-0.25, -0.2) is 0 Å². The van der Waals surface area contributed by atoms with E-state index in [1.54, 1.807) is 0 Å². The molecule has 3 heteroatoms. The van der Waals surface area contributed by atoms with Gasteiger partial charge in [-0.3, -0.25) is 0 Å². The second kappa shape index (κ2) is 5.99. The van der Waals surface area contributed by atoms with Crippen LogP contribution in [-0.2, 0) is 0 Å². The second-order valence-electron chi connectivity index (χ2n) is 5.95. The molecule has 1 aliphatic rings. The van der Waals surface area contributed by atoms with E-state index in [-0.39, 0.29) is 5.54 Å². The molecule has 1 heterocycles. The van der Waals surface area contributed by atoms with E-state index in [9.17, 15) is 0 Å². The van der Waals surface area contributed by atoms with Crippen LogP contribution in [0, 0.1) is 5.92 Å². The number of likely N-dealkylation sites (tertiary alicyclic amines) is 1. The minimum atomic E-state index is -0.0276. The van der Waals surface area contributed by atoms with Crippen molar-refractivity contribution in [1.29, 1.82) is 0 Å². The molecule has 3 nitrogen and oxygen atoms in total. The first-order valence-corrected chi connectivity index (χ1v) is 6.59. The summed E-state index contributed by atoms with van der Waals surface area (Å²) < 4.78 is 0. The van der Waals surface area contributed by atoms with Crippen molar-refractivity contribution < 1.29 is 0 Å². The van der Waals surface area contributed by atoms with Crippen molar-refractivity contribution in [3.8, 4) is 0 Å². The summed E-state index contributed by atoms with van der Waals surface area (Å²) in [5.74, 6) is 0.869. The van der Waals surface area contributed by atoms with Gasteiger partial charge in [-0.05, 0) is 59.3 Å². The molecule has 1 rings (SSSR count). The van der Waals surface area contributed by atoms with Crippen LogP contribution in [0.5, 0.6) is 0 Å². The Morgan fingerprint density at radius 2 is 1.94 bits per heavy atom. The standard InChI is InChI=1S/C13H29N3/c1-5-13(2,14)11-16(4)10-12-6-8-15(3)9-7-12/h12H,5-11,14H2,1-4H3. The monoisotopic (exact) mass is 227 g/mol. The lowest BCUT2D eigenvalue weighted by atomic mass is 9.95. The van der Waals surface area contributed by atoms with Gasteiger partial charge in [-0.1, -0.05) is 6.92 Å². The summed E-state index contributed by atoms with van der Waals surface area (Å²) in [4.78, 5) is 4.84. The van der Waals surface area contributed by atoms with Gasteiger partial charge < -0.3 is 15.5 Å². The van der Waals surface area contributed by atoms with Crippen molar-refractivity contribution >= 4 is 0 Å². The first kappa shape index (κ1) is 13.9. The van der Waals surface area contributed by atoms with Gasteiger partial charge in [0.2, 0.25) is 0 Å². The molecule has 0 aromatic heterocycles. The van der Waals surface area contributed by atoms with E-state index >= 15 is 0 Å². The quantitative estimate of drug-likeness (QED) is 0.770. The molecule has 0 radical (unpaired) electrons. The number of piperidine rings is 1. The van der Waals surface area contributed by atoms with Gasteiger partial charge in [-0.2, -0.15) is 0 Å². The van der Waals surface area contributed by atoms with Crippen molar-refractivity contribution in [2.75, 3.05) is 40.3 Å². The zero-order valence-electron chi connectivity index (χ0n) is 11.5. The van der Waals surface area contributed by atoms with Gasteiger partial charge in [0, 0.05) is 18.6 Å². The predicted molar refractivity (Wildman–Crippen MR) is 70.6 cm³/mol. The molecule has 0 aromatic carbocycles. The van der Waals surface area contributed by atoms with Crippen molar-refractivity contribution in [1.82, 2.24) is 9.80 Å². The Morgan fingerprint density at radius 3 is 2.44 bits per heavy atom. The molecule has 0 aliphatic carbocycles. The first-order valence-electron chi connectivity index (χ1n) is 6.59. The van der Waals surface area contributed by atoms with Crippen molar-refractivity contribution in [3.63, 3.8) is 0 Å². The Morgan fingerprint density at radius 1 is 1.38 bits per heavy atom. The van der Waals surface area contributed by atoms with Gasteiger partial charge in [0.05, 0.1) is 0 Å². The highest BCUT2D eigenvalue weighted by Gasteiger charge is 2.22. The number of hydrogen-bond acceptors (Lipinski definition) is 3. The highest BCUT2D eigenvalue weighted by Crippen LogP contribution is 2.17. The average Bonchev–Trinajstić information content (AvgIpc) is 2.21. The predicted octanol–water partition coefficient (Wildman–Crippen LogP) is 1.39. The van der Waals surface area contributed by atoms with Crippen LogP contribution in [0.15, 0.2) is 0 Å². The Labute approximate surface area is 101 Å². The van der Waals surface area contributed by atoms with Crippen LogP contribution in [0.4, 0.5) is 0 Å². The van der Waals surface area contributed by atoms with Crippen LogP contribution >= 0.6 is 0 Å². The third-order valence-corrected chi connectivity index (χ3v) is 3.85. The van der Waals surface area contributed by atoms with E-state index < -0.39 is 0 Å². The SMILES string of the molecule is CCC(C)(N)CN(C)CC1CCN(C)CC1. The molecule has 0 spiro atoms. The molecule has 1 aliphatic heterocycles. The molecule has 1 saturated heterocycles. The number of likely N-dealkylation sites (N-methyl/N-ethyl adjacent to an activating group) is 1. The molecule has 1 fully saturated rings. The van der Waals surface area contributed by atoms with Gasteiger partial charge in [0.1, 0.15) is 0 Å². The zero-order valence-corrected chi connectivity index (χ0v) is 11.5. The summed E-state index contributed by atoms with van der Waals surface area (Å²) in [5.41, 5.74) is 6.17. The Kier molecular flexibility index (Phi) is 5.22. The van der Waals surface area contributed by atoms with Crippen LogP contribution in [0.3, 0.4) is 0 Å². The molecule has 16 heavy (non-hydrogen) atoms. The van der Waals surface area contributed by atoms with E-state index in [0.717, 1.165) is 18.9 Å². The van der Waals surface area contributed by atoms with Crippen LogP contribution in [-0.4, -0.2) is 55.6 Å². The third kappa shape index (κ3) is 4.81. The highest BCUT2D eigenvalue weighted by molar-refractivity contribution is 4.81. The zero-order chi connectivity index (χ0) is 12.2. The molecular formula is C13H29N3. The van der Waals surface area contributed by atoms with Gasteiger partial charge >= 0.3 is 0 Å². The fourth-order valence-electron chi connectivity index (χ4n) is 2.48. The number of hydrogen-bond donors (Lipinski definition) is 1.